The molecule has 1 unspecified atom stereocenters. The van der Waals surface area contributed by atoms with Gasteiger partial charge in [0.05, 0.1) is 12.2 Å². The fourth-order valence-electron chi connectivity index (χ4n) is 3.33. The fourth-order valence-corrected chi connectivity index (χ4v) is 3.86. The molecule has 1 heterocycles. The van der Waals surface area contributed by atoms with E-state index in [1.54, 1.807) is 18.2 Å². The summed E-state index contributed by atoms with van der Waals surface area (Å²) in [6.07, 6.45) is 0.0990. The number of morpholine rings is 1. The number of ether oxygens (including phenoxy) is 1. The molecule has 7 heteroatoms. The molecular formula is C20H22NO5P. The van der Waals surface area contributed by atoms with Gasteiger partial charge in [-0.05, 0) is 23.6 Å². The normalized spacial score (nSPS) is 22.3. The number of nitrogens with one attached hydrogen (secondary N) is 1. The maximum absolute atomic E-state index is 11.7. The lowest BCUT2D eigenvalue weighted by Gasteiger charge is -2.37. The molecule has 2 aromatic rings. The minimum Gasteiger partial charge on any atom is -0.478 e. The van der Waals surface area contributed by atoms with Crippen molar-refractivity contribution in [1.29, 1.82) is 0 Å². The van der Waals surface area contributed by atoms with E-state index in [-0.39, 0.29) is 26.5 Å². The Labute approximate surface area is 159 Å². The van der Waals surface area contributed by atoms with Crippen molar-refractivity contribution in [3.63, 3.8) is 0 Å². The van der Waals surface area contributed by atoms with E-state index in [4.69, 9.17) is 4.74 Å². The van der Waals surface area contributed by atoms with Gasteiger partial charge in [-0.25, -0.2) is 4.79 Å². The van der Waals surface area contributed by atoms with Gasteiger partial charge in [-0.2, -0.15) is 0 Å². The number of carboxylic acids is 1. The maximum Gasteiger partial charge on any atom is 0.335 e. The standard InChI is InChI=1S/C20H22NO5P/c22-19(23)17-9-5-4-8-15(17)10-16-13-26-18(12-21-16)20(24,27-25)11-14-6-2-1-3-7-14/h1-9,16,18,21,24H,10-13H2,(H,22,23)/t16-,18-,20?/m1/s1. The molecule has 142 valence electrons. The first kappa shape index (κ1) is 19.6. The second-order valence-corrected chi connectivity index (χ2v) is 7.68. The zero-order valence-electron chi connectivity index (χ0n) is 14.7. The van der Waals surface area contributed by atoms with Gasteiger partial charge in [-0.1, -0.05) is 48.5 Å². The number of aliphatic hydroxyl groups is 1. The van der Waals surface area contributed by atoms with Gasteiger partial charge < -0.3 is 20.3 Å². The van der Waals surface area contributed by atoms with Crippen LogP contribution in [0.15, 0.2) is 54.6 Å². The third-order valence-corrected chi connectivity index (χ3v) is 5.55. The Kier molecular flexibility index (Phi) is 6.34. The van der Waals surface area contributed by atoms with E-state index in [1.165, 1.54) is 0 Å². The van der Waals surface area contributed by atoms with E-state index in [2.05, 4.69) is 5.32 Å². The van der Waals surface area contributed by atoms with Crippen LogP contribution in [-0.2, 0) is 22.1 Å². The fraction of sp³-hybridized carbons (Fsp3) is 0.350. The van der Waals surface area contributed by atoms with E-state index in [0.717, 1.165) is 11.1 Å². The Morgan fingerprint density at radius 2 is 1.89 bits per heavy atom. The molecule has 27 heavy (non-hydrogen) atoms. The summed E-state index contributed by atoms with van der Waals surface area (Å²) in [5.74, 6) is -0.956. The summed E-state index contributed by atoms with van der Waals surface area (Å²) in [6.45, 7) is 0.629. The zero-order chi connectivity index (χ0) is 19.3. The van der Waals surface area contributed by atoms with Crippen molar-refractivity contribution in [1.82, 2.24) is 5.32 Å². The summed E-state index contributed by atoms with van der Waals surface area (Å²) in [5.41, 5.74) is 1.88. The van der Waals surface area contributed by atoms with Crippen LogP contribution in [-0.4, -0.2) is 46.8 Å². The van der Waals surface area contributed by atoms with Gasteiger partial charge in [0.2, 0.25) is 0 Å². The Morgan fingerprint density at radius 3 is 2.52 bits per heavy atom. The summed E-state index contributed by atoms with van der Waals surface area (Å²) < 4.78 is 17.5. The first-order chi connectivity index (χ1) is 13.0. The largest absolute Gasteiger partial charge is 0.478 e. The summed E-state index contributed by atoms with van der Waals surface area (Å²) in [5, 5.41) is 21.9. The van der Waals surface area contributed by atoms with Crippen LogP contribution in [0.1, 0.15) is 21.5 Å². The van der Waals surface area contributed by atoms with E-state index in [9.17, 15) is 19.6 Å². The second kappa shape index (κ2) is 8.72. The average molecular weight is 387 g/mol. The van der Waals surface area contributed by atoms with E-state index in [0.29, 0.717) is 19.6 Å². The van der Waals surface area contributed by atoms with Gasteiger partial charge in [0.1, 0.15) is 6.10 Å². The van der Waals surface area contributed by atoms with E-state index >= 15 is 0 Å². The third kappa shape index (κ3) is 4.79. The smallest absolute Gasteiger partial charge is 0.335 e. The molecule has 0 radical (unpaired) electrons. The molecule has 3 N–H and O–H groups in total. The van der Waals surface area contributed by atoms with Crippen LogP contribution in [0, 0.1) is 0 Å². The summed E-state index contributed by atoms with van der Waals surface area (Å²) in [4.78, 5) is 11.3. The highest BCUT2D eigenvalue weighted by Gasteiger charge is 2.41. The highest BCUT2D eigenvalue weighted by atomic mass is 31.1. The Bertz CT molecular complexity index is 792. The minimum atomic E-state index is -1.52. The first-order valence-electron chi connectivity index (χ1n) is 8.79. The second-order valence-electron chi connectivity index (χ2n) is 6.73. The van der Waals surface area contributed by atoms with Crippen LogP contribution in [0.4, 0.5) is 0 Å². The lowest BCUT2D eigenvalue weighted by atomic mass is 9.98. The summed E-state index contributed by atoms with van der Waals surface area (Å²) in [6, 6.07) is 16.2. The van der Waals surface area contributed by atoms with Crippen LogP contribution in [0.2, 0.25) is 0 Å². The van der Waals surface area contributed by atoms with Crippen molar-refractivity contribution in [3.8, 4) is 0 Å². The van der Waals surface area contributed by atoms with Crippen molar-refractivity contribution in [2.24, 2.45) is 0 Å². The molecule has 0 aliphatic carbocycles. The third-order valence-electron chi connectivity index (χ3n) is 4.79. The lowest BCUT2D eigenvalue weighted by molar-refractivity contribution is -0.0845. The Balaban J connectivity index is 1.62. The SMILES string of the molecule is O=PC(O)(Cc1ccccc1)[C@H]1CN[C@H](Cc2ccccc2C(=O)O)CO1. The Hall–Kier alpha value is -2.11. The molecule has 1 saturated heterocycles. The predicted octanol–water partition coefficient (Wildman–Crippen LogP) is 2.51. The molecule has 0 saturated carbocycles. The van der Waals surface area contributed by atoms with Crippen molar-refractivity contribution < 1.29 is 24.3 Å². The van der Waals surface area contributed by atoms with Crippen LogP contribution in [0.3, 0.4) is 0 Å². The monoisotopic (exact) mass is 387 g/mol. The van der Waals surface area contributed by atoms with Crippen molar-refractivity contribution in [2.75, 3.05) is 13.2 Å². The maximum atomic E-state index is 11.7. The van der Waals surface area contributed by atoms with Gasteiger partial charge >= 0.3 is 5.97 Å². The Morgan fingerprint density at radius 1 is 1.19 bits per heavy atom. The first-order valence-corrected chi connectivity index (χ1v) is 9.60. The predicted molar refractivity (Wildman–Crippen MR) is 101 cm³/mol. The molecule has 6 nitrogen and oxygen atoms in total. The molecule has 0 spiro atoms. The molecular weight excluding hydrogens is 365 g/mol. The number of rotatable bonds is 7. The van der Waals surface area contributed by atoms with Gasteiger partial charge in [-0.15, -0.1) is 0 Å². The highest BCUT2D eigenvalue weighted by Crippen LogP contribution is 2.32. The van der Waals surface area contributed by atoms with Gasteiger partial charge in [0.15, 0.2) is 13.8 Å². The lowest BCUT2D eigenvalue weighted by Crippen LogP contribution is -2.55. The minimum absolute atomic E-state index is 0.0777. The molecule has 3 atom stereocenters. The molecule has 0 amide bonds. The number of benzene rings is 2. The van der Waals surface area contributed by atoms with Crippen molar-refractivity contribution >= 4 is 14.4 Å². The van der Waals surface area contributed by atoms with E-state index < -0.39 is 17.4 Å². The molecule has 1 fully saturated rings. The quantitative estimate of drug-likeness (QED) is 0.632. The molecule has 2 aromatic carbocycles. The van der Waals surface area contributed by atoms with Crippen molar-refractivity contribution in [2.45, 2.75) is 30.3 Å². The van der Waals surface area contributed by atoms with Crippen LogP contribution in [0.25, 0.3) is 0 Å². The summed E-state index contributed by atoms with van der Waals surface area (Å²) >= 11 is 0. The number of carboxylic acid groups (broad SMARTS) is 1. The van der Waals surface area contributed by atoms with Gasteiger partial charge in [-0.3, -0.25) is 4.57 Å². The molecule has 1 aliphatic heterocycles. The van der Waals surface area contributed by atoms with Gasteiger partial charge in [0.25, 0.3) is 0 Å². The van der Waals surface area contributed by atoms with Crippen LogP contribution in [0.5, 0.6) is 0 Å². The number of hydrogen-bond donors (Lipinski definition) is 3. The average Bonchev–Trinajstić information content (AvgIpc) is 2.69. The molecule has 0 bridgehead atoms. The number of hydrogen-bond acceptors (Lipinski definition) is 5. The summed E-state index contributed by atoms with van der Waals surface area (Å²) in [7, 11) is -0.385. The van der Waals surface area contributed by atoms with Gasteiger partial charge in [0, 0.05) is 19.0 Å². The topological polar surface area (TPSA) is 95.9 Å². The molecule has 3 rings (SSSR count). The highest BCUT2D eigenvalue weighted by molar-refractivity contribution is 7.25. The zero-order valence-corrected chi connectivity index (χ0v) is 15.6. The number of aromatic carboxylic acids is 1. The van der Waals surface area contributed by atoms with Crippen LogP contribution >= 0.6 is 8.46 Å². The van der Waals surface area contributed by atoms with Crippen LogP contribution < -0.4 is 5.32 Å². The van der Waals surface area contributed by atoms with E-state index in [1.807, 2.05) is 36.4 Å². The number of carbonyl (C=O) groups is 1. The molecule has 0 aromatic heterocycles. The van der Waals surface area contributed by atoms with Crippen molar-refractivity contribution in [3.05, 3.63) is 71.3 Å². The molecule has 1 aliphatic rings.